The van der Waals surface area contributed by atoms with E-state index in [2.05, 4.69) is 28.4 Å². The molecule has 0 amide bonds. The lowest BCUT2D eigenvalue weighted by Gasteiger charge is -2.11. The zero-order valence-electron chi connectivity index (χ0n) is 13.1. The molecule has 0 spiro atoms. The molecule has 1 heterocycles. The van der Waals surface area contributed by atoms with Crippen molar-refractivity contribution >= 4 is 22.4 Å². The molecule has 0 saturated carbocycles. The Morgan fingerprint density at radius 3 is 2.38 bits per heavy atom. The van der Waals surface area contributed by atoms with Crippen LogP contribution >= 0.6 is 11.6 Å². The molecule has 3 aromatic carbocycles. The van der Waals surface area contributed by atoms with Crippen LogP contribution < -0.4 is 4.74 Å². The Kier molecular flexibility index (Phi) is 3.71. The van der Waals surface area contributed by atoms with Gasteiger partial charge in [-0.1, -0.05) is 48.0 Å². The Hall–Kier alpha value is -2.78. The molecule has 0 atom stereocenters. The Labute approximate surface area is 144 Å². The second-order valence-electron chi connectivity index (χ2n) is 5.53. The normalized spacial score (nSPS) is 10.9. The second-order valence-corrected chi connectivity index (χ2v) is 5.96. The van der Waals surface area contributed by atoms with Gasteiger partial charge in [-0.2, -0.15) is 5.10 Å². The van der Waals surface area contributed by atoms with E-state index in [0.717, 1.165) is 43.9 Å². The first-order chi connectivity index (χ1) is 11.8. The van der Waals surface area contributed by atoms with E-state index in [-0.39, 0.29) is 0 Å². The first-order valence-corrected chi connectivity index (χ1v) is 8.01. The summed E-state index contributed by atoms with van der Waals surface area (Å²) in [7, 11) is 1.69. The topological polar surface area (TPSA) is 37.9 Å². The molecule has 0 unspecified atom stereocenters. The summed E-state index contributed by atoms with van der Waals surface area (Å²) in [5.74, 6) is 0.863. The largest absolute Gasteiger partial charge is 0.496 e. The van der Waals surface area contributed by atoms with E-state index >= 15 is 0 Å². The number of aromatic nitrogens is 2. The zero-order valence-corrected chi connectivity index (χ0v) is 13.8. The minimum atomic E-state index is 0.721. The van der Waals surface area contributed by atoms with Crippen LogP contribution in [0.1, 0.15) is 0 Å². The molecule has 4 rings (SSSR count). The first kappa shape index (κ1) is 14.8. The third-order valence-electron chi connectivity index (χ3n) is 4.17. The van der Waals surface area contributed by atoms with Gasteiger partial charge in [-0.15, -0.1) is 0 Å². The molecule has 24 heavy (non-hydrogen) atoms. The van der Waals surface area contributed by atoms with Crippen molar-refractivity contribution in [3.05, 3.63) is 71.9 Å². The highest BCUT2D eigenvalue weighted by atomic mass is 35.5. The number of halogens is 1. The maximum absolute atomic E-state index is 6.00. The van der Waals surface area contributed by atoms with Gasteiger partial charge in [-0.25, -0.2) is 0 Å². The van der Waals surface area contributed by atoms with E-state index in [4.69, 9.17) is 16.3 Å². The monoisotopic (exact) mass is 334 g/mol. The van der Waals surface area contributed by atoms with Crippen molar-refractivity contribution in [3.8, 4) is 28.1 Å². The average Bonchev–Trinajstić information content (AvgIpc) is 3.11. The van der Waals surface area contributed by atoms with E-state index < -0.39 is 0 Å². The lowest BCUT2D eigenvalue weighted by Crippen LogP contribution is -1.89. The van der Waals surface area contributed by atoms with Crippen LogP contribution in [0.2, 0.25) is 5.02 Å². The van der Waals surface area contributed by atoms with Crippen molar-refractivity contribution in [2.75, 3.05) is 7.11 Å². The molecule has 0 aliphatic heterocycles. The first-order valence-electron chi connectivity index (χ1n) is 7.63. The summed E-state index contributed by atoms with van der Waals surface area (Å²) >= 11 is 6.00. The number of benzene rings is 3. The van der Waals surface area contributed by atoms with Gasteiger partial charge in [0, 0.05) is 21.5 Å². The quantitative estimate of drug-likeness (QED) is 0.532. The Bertz CT molecular complexity index is 1010. The molecule has 0 saturated heterocycles. The van der Waals surface area contributed by atoms with E-state index in [1.165, 1.54) is 0 Å². The highest BCUT2D eigenvalue weighted by molar-refractivity contribution is 6.30. The molecular formula is C20H15ClN2O. The van der Waals surface area contributed by atoms with Crippen LogP contribution in [0.5, 0.6) is 5.75 Å². The molecule has 0 aliphatic carbocycles. The van der Waals surface area contributed by atoms with Gasteiger partial charge in [0.25, 0.3) is 0 Å². The molecule has 118 valence electrons. The molecule has 0 aliphatic rings. The van der Waals surface area contributed by atoms with Crippen molar-refractivity contribution in [3.63, 3.8) is 0 Å². The maximum atomic E-state index is 6.00. The van der Waals surface area contributed by atoms with Gasteiger partial charge in [-0.05, 0) is 35.2 Å². The predicted molar refractivity (Wildman–Crippen MR) is 98.5 cm³/mol. The molecule has 0 radical (unpaired) electrons. The number of hydrogen-bond donors (Lipinski definition) is 1. The van der Waals surface area contributed by atoms with Gasteiger partial charge in [0.2, 0.25) is 0 Å². The number of rotatable bonds is 3. The smallest absolute Gasteiger partial charge is 0.126 e. The van der Waals surface area contributed by atoms with Gasteiger partial charge in [0.1, 0.15) is 5.75 Å². The highest BCUT2D eigenvalue weighted by Gasteiger charge is 2.14. The van der Waals surface area contributed by atoms with Gasteiger partial charge in [0.05, 0.1) is 19.0 Å². The second kappa shape index (κ2) is 6.02. The zero-order chi connectivity index (χ0) is 16.5. The number of nitrogens with one attached hydrogen (secondary N) is 1. The fourth-order valence-electron chi connectivity index (χ4n) is 3.01. The molecule has 4 aromatic rings. The van der Waals surface area contributed by atoms with Crippen LogP contribution in [0.3, 0.4) is 0 Å². The van der Waals surface area contributed by atoms with Gasteiger partial charge >= 0.3 is 0 Å². The summed E-state index contributed by atoms with van der Waals surface area (Å²) < 4.78 is 5.49. The number of fused-ring (bicyclic) bond motifs is 1. The number of methoxy groups -OCH3 is 1. The minimum Gasteiger partial charge on any atom is -0.496 e. The van der Waals surface area contributed by atoms with Crippen molar-refractivity contribution in [2.24, 2.45) is 0 Å². The van der Waals surface area contributed by atoms with E-state index in [9.17, 15) is 0 Å². The number of aromatic amines is 1. The maximum Gasteiger partial charge on any atom is 0.126 e. The van der Waals surface area contributed by atoms with Gasteiger partial charge in [0.15, 0.2) is 0 Å². The van der Waals surface area contributed by atoms with Gasteiger partial charge in [-0.3, -0.25) is 5.10 Å². The molecule has 1 N–H and O–H groups in total. The lowest BCUT2D eigenvalue weighted by atomic mass is 9.97. The molecule has 1 aromatic heterocycles. The summed E-state index contributed by atoms with van der Waals surface area (Å²) in [4.78, 5) is 0. The van der Waals surface area contributed by atoms with Crippen LogP contribution in [0.4, 0.5) is 0 Å². The molecule has 4 heteroatoms. The van der Waals surface area contributed by atoms with Crippen LogP contribution in [0.25, 0.3) is 33.2 Å². The minimum absolute atomic E-state index is 0.721. The molecule has 0 bridgehead atoms. The summed E-state index contributed by atoms with van der Waals surface area (Å²) in [5.41, 5.74) is 4.19. The van der Waals surface area contributed by atoms with Crippen molar-refractivity contribution in [1.82, 2.24) is 10.2 Å². The Morgan fingerprint density at radius 1 is 0.875 bits per heavy atom. The van der Waals surface area contributed by atoms with Crippen molar-refractivity contribution < 1.29 is 4.74 Å². The SMILES string of the molecule is COc1ccc(-c2[nH]ncc2-c2ccc(Cl)cc2)c2ccccc12. The van der Waals surface area contributed by atoms with Crippen molar-refractivity contribution in [2.45, 2.75) is 0 Å². The van der Waals surface area contributed by atoms with Crippen LogP contribution in [-0.2, 0) is 0 Å². The third-order valence-corrected chi connectivity index (χ3v) is 4.42. The predicted octanol–water partition coefficient (Wildman–Crippen LogP) is 5.56. The Morgan fingerprint density at radius 2 is 1.62 bits per heavy atom. The third kappa shape index (κ3) is 2.43. The standard InChI is InChI=1S/C20H15ClN2O/c1-24-19-11-10-17(15-4-2-3-5-16(15)19)20-18(12-22-23-20)13-6-8-14(21)9-7-13/h2-12H,1H3,(H,22,23). The van der Waals surface area contributed by atoms with E-state index in [0.29, 0.717) is 0 Å². The lowest BCUT2D eigenvalue weighted by molar-refractivity contribution is 0.420. The summed E-state index contributed by atoms with van der Waals surface area (Å²) in [5, 5.41) is 10.3. The molecule has 0 fully saturated rings. The summed E-state index contributed by atoms with van der Waals surface area (Å²) in [6.07, 6.45) is 1.84. The fraction of sp³-hybridized carbons (Fsp3) is 0.0500. The number of hydrogen-bond acceptors (Lipinski definition) is 2. The number of H-pyrrole nitrogens is 1. The van der Waals surface area contributed by atoms with Crippen LogP contribution in [0.15, 0.2) is 66.9 Å². The fourth-order valence-corrected chi connectivity index (χ4v) is 3.13. The van der Waals surface area contributed by atoms with E-state index in [1.54, 1.807) is 7.11 Å². The van der Waals surface area contributed by atoms with Crippen molar-refractivity contribution in [1.29, 1.82) is 0 Å². The van der Waals surface area contributed by atoms with Gasteiger partial charge < -0.3 is 4.74 Å². The molecular weight excluding hydrogens is 320 g/mol. The Balaban J connectivity index is 1.94. The number of ether oxygens (including phenoxy) is 1. The molecule has 3 nitrogen and oxygen atoms in total. The van der Waals surface area contributed by atoms with E-state index in [1.807, 2.05) is 48.7 Å². The highest BCUT2D eigenvalue weighted by Crippen LogP contribution is 2.37. The summed E-state index contributed by atoms with van der Waals surface area (Å²) in [6.45, 7) is 0. The summed E-state index contributed by atoms with van der Waals surface area (Å²) in [6, 6.07) is 20.0. The van der Waals surface area contributed by atoms with Crippen LogP contribution in [0, 0.1) is 0 Å². The number of nitrogens with zero attached hydrogens (tertiary/aromatic N) is 1. The van der Waals surface area contributed by atoms with Crippen LogP contribution in [-0.4, -0.2) is 17.3 Å². The average molecular weight is 335 g/mol.